The topological polar surface area (TPSA) is 104 Å². The summed E-state index contributed by atoms with van der Waals surface area (Å²) in [6.45, 7) is 11.2. The van der Waals surface area contributed by atoms with Gasteiger partial charge in [0.15, 0.2) is 5.78 Å². The van der Waals surface area contributed by atoms with Gasteiger partial charge in [0.1, 0.15) is 12.2 Å². The van der Waals surface area contributed by atoms with E-state index in [4.69, 9.17) is 4.74 Å². The Morgan fingerprint density at radius 2 is 1.82 bits per heavy atom. The monoisotopic (exact) mass is 392 g/mol. The molecule has 6 heteroatoms. The average Bonchev–Trinajstić information content (AvgIpc) is 2.78. The van der Waals surface area contributed by atoms with E-state index in [1.54, 1.807) is 0 Å². The van der Waals surface area contributed by atoms with Gasteiger partial charge in [-0.25, -0.2) is 0 Å². The van der Waals surface area contributed by atoms with Crippen molar-refractivity contribution in [3.63, 3.8) is 0 Å². The number of hydrogen-bond donors (Lipinski definition) is 3. The molecule has 28 heavy (non-hydrogen) atoms. The number of fused-ring (bicyclic) bond motifs is 3. The molecule has 2 bridgehead atoms. The van der Waals surface area contributed by atoms with Crippen molar-refractivity contribution in [2.75, 3.05) is 0 Å². The van der Waals surface area contributed by atoms with Gasteiger partial charge in [-0.1, -0.05) is 27.4 Å². The predicted molar refractivity (Wildman–Crippen MR) is 101 cm³/mol. The number of carbonyl (C=O) groups is 2. The second-order valence-corrected chi connectivity index (χ2v) is 10.5. The zero-order valence-corrected chi connectivity index (χ0v) is 17.1. The SMILES string of the molecule is C=C1C(=O)[C@]23C[C@H]1C[C@H](O)[C@H]2[C@]1(C)CC[C@H](O)C(C)(C)[C@H]1C(OC(C)=O)[C@@H]3O. The number of aliphatic hydroxyl groups excluding tert-OH is 3. The summed E-state index contributed by atoms with van der Waals surface area (Å²) >= 11 is 0. The Morgan fingerprint density at radius 3 is 2.43 bits per heavy atom. The minimum Gasteiger partial charge on any atom is -0.459 e. The van der Waals surface area contributed by atoms with Crippen LogP contribution >= 0.6 is 0 Å². The summed E-state index contributed by atoms with van der Waals surface area (Å²) in [7, 11) is 0. The molecular formula is C22H32O6. The van der Waals surface area contributed by atoms with Crippen molar-refractivity contribution in [3.8, 4) is 0 Å². The van der Waals surface area contributed by atoms with E-state index in [-0.39, 0.29) is 17.6 Å². The molecule has 0 aromatic rings. The highest BCUT2D eigenvalue weighted by molar-refractivity contribution is 6.03. The van der Waals surface area contributed by atoms with Crippen molar-refractivity contribution in [3.05, 3.63) is 12.2 Å². The van der Waals surface area contributed by atoms with Gasteiger partial charge in [0.2, 0.25) is 0 Å². The molecule has 1 unspecified atom stereocenters. The Hall–Kier alpha value is -1.24. The van der Waals surface area contributed by atoms with Crippen LogP contribution in [-0.2, 0) is 14.3 Å². The molecule has 4 rings (SSSR count). The molecule has 4 aliphatic carbocycles. The predicted octanol–water partition coefficient (Wildman–Crippen LogP) is 1.61. The van der Waals surface area contributed by atoms with E-state index in [1.807, 2.05) is 20.8 Å². The van der Waals surface area contributed by atoms with Gasteiger partial charge in [0, 0.05) is 18.8 Å². The van der Waals surface area contributed by atoms with E-state index in [1.165, 1.54) is 6.92 Å². The Morgan fingerprint density at radius 1 is 1.18 bits per heavy atom. The smallest absolute Gasteiger partial charge is 0.303 e. The minimum absolute atomic E-state index is 0.145. The lowest BCUT2D eigenvalue weighted by Gasteiger charge is -2.67. The Labute approximate surface area is 166 Å². The van der Waals surface area contributed by atoms with Crippen molar-refractivity contribution >= 4 is 11.8 Å². The van der Waals surface area contributed by atoms with Crippen LogP contribution in [0.1, 0.15) is 53.4 Å². The number of hydrogen-bond acceptors (Lipinski definition) is 6. The summed E-state index contributed by atoms with van der Waals surface area (Å²) in [5.74, 6) is -1.69. The number of carbonyl (C=O) groups excluding carboxylic acids is 2. The van der Waals surface area contributed by atoms with E-state index in [0.717, 1.165) is 0 Å². The molecule has 0 heterocycles. The van der Waals surface area contributed by atoms with Crippen molar-refractivity contribution in [2.24, 2.45) is 34.0 Å². The molecular weight excluding hydrogens is 360 g/mol. The summed E-state index contributed by atoms with van der Waals surface area (Å²) in [4.78, 5) is 25.4. The summed E-state index contributed by atoms with van der Waals surface area (Å²) in [5.41, 5.74) is -1.92. The van der Waals surface area contributed by atoms with E-state index in [9.17, 15) is 24.9 Å². The molecule has 156 valence electrons. The lowest BCUT2D eigenvalue weighted by atomic mass is 9.38. The minimum atomic E-state index is -1.23. The second kappa shape index (κ2) is 5.89. The summed E-state index contributed by atoms with van der Waals surface area (Å²) < 4.78 is 5.67. The van der Waals surface area contributed by atoms with Crippen molar-refractivity contribution in [1.29, 1.82) is 0 Å². The van der Waals surface area contributed by atoms with Crippen LogP contribution in [0.2, 0.25) is 0 Å². The average molecular weight is 392 g/mol. The Kier molecular flexibility index (Phi) is 4.22. The Balaban J connectivity index is 1.95. The third kappa shape index (κ3) is 2.20. The van der Waals surface area contributed by atoms with E-state index in [2.05, 4.69) is 6.58 Å². The fraction of sp³-hybridized carbons (Fsp3) is 0.818. The Bertz CT molecular complexity index is 743. The molecule has 9 atom stereocenters. The van der Waals surface area contributed by atoms with Crippen LogP contribution < -0.4 is 0 Å². The number of Topliss-reactive ketones (excluding diaryl/α,β-unsaturated/α-hetero) is 1. The van der Waals surface area contributed by atoms with Gasteiger partial charge in [-0.15, -0.1) is 0 Å². The molecule has 4 fully saturated rings. The van der Waals surface area contributed by atoms with E-state index < -0.39 is 52.5 Å². The van der Waals surface area contributed by atoms with Crippen LogP contribution in [0.25, 0.3) is 0 Å². The first-order valence-electron chi connectivity index (χ1n) is 10.3. The fourth-order valence-electron chi connectivity index (χ4n) is 7.82. The lowest BCUT2D eigenvalue weighted by Crippen LogP contribution is -2.73. The number of esters is 1. The molecule has 1 spiro atoms. The second-order valence-electron chi connectivity index (χ2n) is 10.5. The maximum Gasteiger partial charge on any atom is 0.303 e. The standard InChI is InChI=1S/C22H32O6/c1-10-12-8-13(24)16-21(5)7-6-14(25)20(3,4)17(21)15(28-11(2)23)19(27)22(16,9-12)18(10)26/h12-17,19,24-25,27H,1,6-9H2,2-5H3/t12-,13+,14+,15?,16+,17-,19+,21+,22+/m1/s1. The van der Waals surface area contributed by atoms with Crippen molar-refractivity contribution in [2.45, 2.75) is 77.8 Å². The first kappa shape index (κ1) is 20.0. The van der Waals surface area contributed by atoms with Crippen LogP contribution in [0.4, 0.5) is 0 Å². The number of ether oxygens (including phenoxy) is 1. The summed E-state index contributed by atoms with van der Waals surface area (Å²) in [6, 6.07) is 0. The number of ketones is 1. The van der Waals surface area contributed by atoms with Crippen LogP contribution in [0.3, 0.4) is 0 Å². The molecule has 0 aromatic carbocycles. The van der Waals surface area contributed by atoms with Gasteiger partial charge in [-0.2, -0.15) is 0 Å². The molecule has 4 aliphatic rings. The molecule has 0 aliphatic heterocycles. The molecule has 3 N–H and O–H groups in total. The van der Waals surface area contributed by atoms with Crippen molar-refractivity contribution < 1.29 is 29.6 Å². The molecule has 0 aromatic heterocycles. The zero-order valence-electron chi connectivity index (χ0n) is 17.1. The molecule has 0 radical (unpaired) electrons. The van der Waals surface area contributed by atoms with E-state index >= 15 is 0 Å². The van der Waals surface area contributed by atoms with Crippen LogP contribution in [0.5, 0.6) is 0 Å². The normalized spacial score (nSPS) is 52.0. The largest absolute Gasteiger partial charge is 0.459 e. The van der Waals surface area contributed by atoms with Gasteiger partial charge in [0.25, 0.3) is 0 Å². The molecule has 4 saturated carbocycles. The lowest BCUT2D eigenvalue weighted by molar-refractivity contribution is -0.281. The maximum absolute atomic E-state index is 13.4. The number of allylic oxidation sites excluding steroid dienone is 1. The third-order valence-electron chi connectivity index (χ3n) is 8.76. The fourth-order valence-corrected chi connectivity index (χ4v) is 7.82. The summed E-state index contributed by atoms with van der Waals surface area (Å²) in [5, 5.41) is 33.5. The highest BCUT2D eigenvalue weighted by Gasteiger charge is 2.76. The van der Waals surface area contributed by atoms with Gasteiger partial charge in [-0.3, -0.25) is 9.59 Å². The number of rotatable bonds is 1. The maximum atomic E-state index is 13.4. The van der Waals surface area contributed by atoms with Crippen LogP contribution in [-0.4, -0.2) is 51.5 Å². The quantitative estimate of drug-likeness (QED) is 0.463. The van der Waals surface area contributed by atoms with Gasteiger partial charge < -0.3 is 20.1 Å². The zero-order chi connectivity index (χ0) is 20.8. The van der Waals surface area contributed by atoms with Gasteiger partial charge in [0.05, 0.1) is 17.6 Å². The highest BCUT2D eigenvalue weighted by atomic mass is 16.6. The first-order chi connectivity index (χ1) is 12.9. The summed E-state index contributed by atoms with van der Waals surface area (Å²) in [6.07, 6.45) is -1.45. The highest BCUT2D eigenvalue weighted by Crippen LogP contribution is 2.71. The van der Waals surface area contributed by atoms with Crippen LogP contribution in [0, 0.1) is 34.0 Å². The molecule has 6 nitrogen and oxygen atoms in total. The number of aliphatic hydroxyl groups is 3. The van der Waals surface area contributed by atoms with Crippen molar-refractivity contribution in [1.82, 2.24) is 0 Å². The van der Waals surface area contributed by atoms with Crippen LogP contribution in [0.15, 0.2) is 12.2 Å². The van der Waals surface area contributed by atoms with Gasteiger partial charge >= 0.3 is 5.97 Å². The third-order valence-corrected chi connectivity index (χ3v) is 8.76. The first-order valence-corrected chi connectivity index (χ1v) is 10.3. The molecule has 0 saturated heterocycles. The van der Waals surface area contributed by atoms with Gasteiger partial charge in [-0.05, 0) is 48.0 Å². The van der Waals surface area contributed by atoms with E-state index in [0.29, 0.717) is 31.3 Å². The molecule has 0 amide bonds.